The molecule has 2 aromatic carbocycles. The Bertz CT molecular complexity index is 543. The molecule has 0 aliphatic rings. The Labute approximate surface area is 116 Å². The fourth-order valence-corrected chi connectivity index (χ4v) is 2.45. The largest absolute Gasteiger partial charge is 0.309 e. The van der Waals surface area contributed by atoms with Gasteiger partial charge in [0.05, 0.1) is 0 Å². The lowest BCUT2D eigenvalue weighted by Gasteiger charge is -2.11. The monoisotopic (exact) mass is 253 g/mol. The Kier molecular flexibility index (Phi) is 4.75. The van der Waals surface area contributed by atoms with E-state index in [4.69, 9.17) is 0 Å². The summed E-state index contributed by atoms with van der Waals surface area (Å²) in [6.07, 6.45) is 1.10. The maximum Gasteiger partial charge on any atom is 0.0211 e. The van der Waals surface area contributed by atoms with Crippen molar-refractivity contribution in [3.05, 3.63) is 70.3 Å². The number of aryl methyl sites for hydroxylation is 3. The molecule has 0 fully saturated rings. The number of rotatable bonds is 5. The number of benzene rings is 2. The van der Waals surface area contributed by atoms with Crippen LogP contribution in [0.25, 0.3) is 0 Å². The van der Waals surface area contributed by atoms with Gasteiger partial charge in [-0.1, -0.05) is 55.0 Å². The van der Waals surface area contributed by atoms with Crippen LogP contribution in [0.4, 0.5) is 0 Å². The molecule has 1 nitrogen and oxygen atoms in total. The first-order chi connectivity index (χ1) is 9.20. The molecular formula is C18H23N. The Hall–Kier alpha value is -1.60. The van der Waals surface area contributed by atoms with Gasteiger partial charge in [0.25, 0.3) is 0 Å². The smallest absolute Gasteiger partial charge is 0.0211 e. The highest BCUT2D eigenvalue weighted by Gasteiger charge is 2.01. The fourth-order valence-electron chi connectivity index (χ4n) is 2.45. The van der Waals surface area contributed by atoms with E-state index in [1.807, 2.05) is 0 Å². The minimum Gasteiger partial charge on any atom is -0.309 e. The SMILES string of the molecule is CCc1ccccc1CNCc1ccc(C)cc1C. The normalized spacial score (nSPS) is 10.7. The van der Waals surface area contributed by atoms with E-state index in [0.717, 1.165) is 19.5 Å². The van der Waals surface area contributed by atoms with Crippen LogP contribution in [0.3, 0.4) is 0 Å². The van der Waals surface area contributed by atoms with Crippen LogP contribution in [0, 0.1) is 13.8 Å². The van der Waals surface area contributed by atoms with Gasteiger partial charge in [-0.05, 0) is 42.5 Å². The quantitative estimate of drug-likeness (QED) is 0.844. The molecule has 19 heavy (non-hydrogen) atoms. The van der Waals surface area contributed by atoms with Crippen molar-refractivity contribution in [3.8, 4) is 0 Å². The molecule has 1 heteroatoms. The standard InChI is InChI=1S/C18H23N/c1-4-16-7-5-6-8-18(16)13-19-12-17-10-9-14(2)11-15(17)3/h5-11,19H,4,12-13H2,1-3H3. The average molecular weight is 253 g/mol. The van der Waals surface area contributed by atoms with Crippen LogP contribution in [0.2, 0.25) is 0 Å². The van der Waals surface area contributed by atoms with Gasteiger partial charge >= 0.3 is 0 Å². The van der Waals surface area contributed by atoms with Gasteiger partial charge in [0, 0.05) is 13.1 Å². The molecule has 0 bridgehead atoms. The molecule has 0 saturated heterocycles. The van der Waals surface area contributed by atoms with E-state index < -0.39 is 0 Å². The summed E-state index contributed by atoms with van der Waals surface area (Å²) < 4.78 is 0. The van der Waals surface area contributed by atoms with E-state index in [0.29, 0.717) is 0 Å². The van der Waals surface area contributed by atoms with Gasteiger partial charge in [0.1, 0.15) is 0 Å². The first-order valence-electron chi connectivity index (χ1n) is 7.04. The van der Waals surface area contributed by atoms with Crippen LogP contribution in [-0.4, -0.2) is 0 Å². The zero-order valence-corrected chi connectivity index (χ0v) is 12.2. The number of nitrogens with one attached hydrogen (secondary N) is 1. The Morgan fingerprint density at radius 1 is 0.842 bits per heavy atom. The zero-order valence-electron chi connectivity index (χ0n) is 12.2. The summed E-state index contributed by atoms with van der Waals surface area (Å²) in [5.74, 6) is 0. The molecule has 2 aromatic rings. The van der Waals surface area contributed by atoms with Crippen molar-refractivity contribution in [2.75, 3.05) is 0 Å². The van der Waals surface area contributed by atoms with E-state index >= 15 is 0 Å². The summed E-state index contributed by atoms with van der Waals surface area (Å²) in [5, 5.41) is 3.55. The summed E-state index contributed by atoms with van der Waals surface area (Å²) in [6, 6.07) is 15.3. The van der Waals surface area contributed by atoms with Crippen LogP contribution in [0.5, 0.6) is 0 Å². The summed E-state index contributed by atoms with van der Waals surface area (Å²) in [5.41, 5.74) is 6.94. The van der Waals surface area contributed by atoms with E-state index in [1.165, 1.54) is 27.8 Å². The highest BCUT2D eigenvalue weighted by molar-refractivity contribution is 5.31. The maximum atomic E-state index is 3.55. The lowest BCUT2D eigenvalue weighted by molar-refractivity contribution is 0.685. The Morgan fingerprint density at radius 3 is 2.21 bits per heavy atom. The van der Waals surface area contributed by atoms with Gasteiger partial charge in [-0.15, -0.1) is 0 Å². The second kappa shape index (κ2) is 6.53. The van der Waals surface area contributed by atoms with Crippen molar-refractivity contribution in [2.24, 2.45) is 0 Å². The van der Waals surface area contributed by atoms with Crippen molar-refractivity contribution in [3.63, 3.8) is 0 Å². The lowest BCUT2D eigenvalue weighted by atomic mass is 10.0. The molecule has 0 aliphatic heterocycles. The van der Waals surface area contributed by atoms with E-state index in [1.54, 1.807) is 0 Å². The Balaban J connectivity index is 1.96. The topological polar surface area (TPSA) is 12.0 Å². The molecule has 1 N–H and O–H groups in total. The zero-order chi connectivity index (χ0) is 13.7. The van der Waals surface area contributed by atoms with Crippen LogP contribution in [0.15, 0.2) is 42.5 Å². The second-order valence-electron chi connectivity index (χ2n) is 5.16. The van der Waals surface area contributed by atoms with Crippen LogP contribution in [-0.2, 0) is 19.5 Å². The maximum absolute atomic E-state index is 3.55. The van der Waals surface area contributed by atoms with Crippen LogP contribution in [0.1, 0.15) is 34.7 Å². The van der Waals surface area contributed by atoms with Crippen molar-refractivity contribution < 1.29 is 0 Å². The summed E-state index contributed by atoms with van der Waals surface area (Å²) in [6.45, 7) is 8.41. The lowest BCUT2D eigenvalue weighted by Crippen LogP contribution is -2.14. The molecule has 0 unspecified atom stereocenters. The Morgan fingerprint density at radius 2 is 1.53 bits per heavy atom. The molecule has 0 aromatic heterocycles. The van der Waals surface area contributed by atoms with Gasteiger partial charge in [-0.3, -0.25) is 0 Å². The molecule has 0 atom stereocenters. The van der Waals surface area contributed by atoms with E-state index in [9.17, 15) is 0 Å². The molecule has 0 aliphatic carbocycles. The third kappa shape index (κ3) is 3.68. The van der Waals surface area contributed by atoms with E-state index in [2.05, 4.69) is 68.6 Å². The third-order valence-corrected chi connectivity index (χ3v) is 3.63. The van der Waals surface area contributed by atoms with Gasteiger partial charge in [0.2, 0.25) is 0 Å². The average Bonchev–Trinajstić information content (AvgIpc) is 2.42. The number of hydrogen-bond acceptors (Lipinski definition) is 1. The summed E-state index contributed by atoms with van der Waals surface area (Å²) in [4.78, 5) is 0. The molecule has 0 heterocycles. The van der Waals surface area contributed by atoms with Gasteiger partial charge < -0.3 is 5.32 Å². The fraction of sp³-hybridized carbons (Fsp3) is 0.333. The summed E-state index contributed by atoms with van der Waals surface area (Å²) >= 11 is 0. The number of hydrogen-bond donors (Lipinski definition) is 1. The molecule has 0 amide bonds. The minimum absolute atomic E-state index is 0.935. The van der Waals surface area contributed by atoms with E-state index in [-0.39, 0.29) is 0 Å². The van der Waals surface area contributed by atoms with Gasteiger partial charge in [-0.2, -0.15) is 0 Å². The third-order valence-electron chi connectivity index (χ3n) is 3.63. The highest BCUT2D eigenvalue weighted by Crippen LogP contribution is 2.12. The predicted molar refractivity (Wildman–Crippen MR) is 82.3 cm³/mol. The predicted octanol–water partition coefficient (Wildman–Crippen LogP) is 4.16. The molecule has 0 radical (unpaired) electrons. The highest BCUT2D eigenvalue weighted by atomic mass is 14.8. The van der Waals surface area contributed by atoms with Gasteiger partial charge in [-0.25, -0.2) is 0 Å². The first-order valence-corrected chi connectivity index (χ1v) is 7.04. The van der Waals surface area contributed by atoms with Crippen LogP contribution < -0.4 is 5.32 Å². The van der Waals surface area contributed by atoms with Crippen molar-refractivity contribution >= 4 is 0 Å². The van der Waals surface area contributed by atoms with Crippen molar-refractivity contribution in [1.29, 1.82) is 0 Å². The van der Waals surface area contributed by atoms with Gasteiger partial charge in [0.15, 0.2) is 0 Å². The molecule has 0 spiro atoms. The van der Waals surface area contributed by atoms with Crippen molar-refractivity contribution in [2.45, 2.75) is 40.3 Å². The molecule has 0 saturated carbocycles. The minimum atomic E-state index is 0.935. The molecule has 100 valence electrons. The molecular weight excluding hydrogens is 230 g/mol. The first kappa shape index (κ1) is 13.8. The second-order valence-corrected chi connectivity index (χ2v) is 5.16. The van der Waals surface area contributed by atoms with Crippen molar-refractivity contribution in [1.82, 2.24) is 5.32 Å². The summed E-state index contributed by atoms with van der Waals surface area (Å²) in [7, 11) is 0. The van der Waals surface area contributed by atoms with Crippen LogP contribution >= 0.6 is 0 Å². The molecule has 2 rings (SSSR count).